The minimum absolute atomic E-state index is 0.0535. The molecule has 1 aromatic carbocycles. The van der Waals surface area contributed by atoms with Gasteiger partial charge < -0.3 is 10.3 Å². The Kier molecular flexibility index (Phi) is 3.62. The smallest absolute Gasteiger partial charge is 0.253 e. The number of piperidine rings is 1. The van der Waals surface area contributed by atoms with Gasteiger partial charge in [-0.25, -0.2) is 0 Å². The number of rotatable bonds is 2. The molecule has 0 radical (unpaired) electrons. The third-order valence-electron chi connectivity index (χ3n) is 5.05. The molecule has 2 aromatic rings. The van der Waals surface area contributed by atoms with Gasteiger partial charge in [-0.1, -0.05) is 18.2 Å². The fourth-order valence-corrected chi connectivity index (χ4v) is 5.16. The lowest BCUT2D eigenvalue weighted by atomic mass is 9.92. The van der Waals surface area contributed by atoms with E-state index in [0.717, 1.165) is 29.3 Å². The highest BCUT2D eigenvalue weighted by Gasteiger charge is 2.37. The Bertz CT molecular complexity index is 684. The molecular formula is C17H21N3OS. The van der Waals surface area contributed by atoms with Crippen molar-refractivity contribution in [3.8, 4) is 0 Å². The number of hydrogen-bond donors (Lipinski definition) is 2. The summed E-state index contributed by atoms with van der Waals surface area (Å²) in [6.07, 6.45) is 3.95. The van der Waals surface area contributed by atoms with Crippen LogP contribution in [-0.2, 0) is 0 Å². The lowest BCUT2D eigenvalue weighted by Gasteiger charge is -2.46. The molecule has 2 aliphatic rings. The van der Waals surface area contributed by atoms with Crippen LogP contribution in [0.4, 0.5) is 0 Å². The maximum Gasteiger partial charge on any atom is 0.253 e. The van der Waals surface area contributed by atoms with E-state index in [1.165, 1.54) is 11.5 Å². The van der Waals surface area contributed by atoms with Gasteiger partial charge >= 0.3 is 0 Å². The van der Waals surface area contributed by atoms with Crippen LogP contribution in [0, 0.1) is 0 Å². The normalized spacial score (nSPS) is 28.7. The highest BCUT2D eigenvalue weighted by molar-refractivity contribution is 7.99. The van der Waals surface area contributed by atoms with E-state index in [0.29, 0.717) is 18.1 Å². The number of nitrogens with zero attached hydrogens (tertiary/aromatic N) is 1. The molecule has 0 aliphatic carbocycles. The lowest BCUT2D eigenvalue weighted by molar-refractivity contribution is 0.0829. The van der Waals surface area contributed by atoms with Gasteiger partial charge in [0.15, 0.2) is 0 Å². The van der Waals surface area contributed by atoms with Crippen LogP contribution in [0.1, 0.15) is 23.2 Å². The van der Waals surface area contributed by atoms with Gasteiger partial charge in [0.05, 0.1) is 5.56 Å². The highest BCUT2D eigenvalue weighted by Crippen LogP contribution is 2.31. The Morgan fingerprint density at radius 2 is 2.00 bits per heavy atom. The number of aromatic amines is 1. The van der Waals surface area contributed by atoms with Gasteiger partial charge in [-0.05, 0) is 26.0 Å². The zero-order valence-corrected chi connectivity index (χ0v) is 13.5. The number of H-pyrrole nitrogens is 1. The highest BCUT2D eigenvalue weighted by atomic mass is 32.2. The first-order chi connectivity index (χ1) is 10.7. The van der Waals surface area contributed by atoms with Crippen molar-refractivity contribution in [2.75, 3.05) is 18.6 Å². The zero-order valence-electron chi connectivity index (χ0n) is 12.7. The van der Waals surface area contributed by atoms with E-state index >= 15 is 0 Å². The number of fused-ring (bicyclic) bond motifs is 3. The molecule has 1 aromatic heterocycles. The molecule has 3 heterocycles. The predicted octanol–water partition coefficient (Wildman–Crippen LogP) is 2.48. The minimum Gasteiger partial charge on any atom is -0.360 e. The Labute approximate surface area is 134 Å². The molecule has 2 bridgehead atoms. The van der Waals surface area contributed by atoms with Crippen LogP contribution in [0.25, 0.3) is 10.9 Å². The summed E-state index contributed by atoms with van der Waals surface area (Å²) >= 11 is 2.05. The summed E-state index contributed by atoms with van der Waals surface area (Å²) in [5, 5.41) is 4.27. The Morgan fingerprint density at radius 3 is 2.77 bits per heavy atom. The fraction of sp³-hybridized carbons (Fsp3) is 0.471. The first kappa shape index (κ1) is 14.2. The SMILES string of the molecule is CN1C2CSCC1CC(NC(=O)c1c[nH]c3ccccc13)C2. The fourth-order valence-electron chi connectivity index (χ4n) is 3.74. The summed E-state index contributed by atoms with van der Waals surface area (Å²) in [6.45, 7) is 0. The molecule has 4 rings (SSSR count). The van der Waals surface area contributed by atoms with Crippen molar-refractivity contribution < 1.29 is 4.79 Å². The van der Waals surface area contributed by atoms with Crippen molar-refractivity contribution in [2.24, 2.45) is 0 Å². The van der Waals surface area contributed by atoms with Gasteiger partial charge in [0.25, 0.3) is 5.91 Å². The van der Waals surface area contributed by atoms with Crippen LogP contribution >= 0.6 is 11.8 Å². The van der Waals surface area contributed by atoms with Crippen LogP contribution in [-0.4, -0.2) is 52.5 Å². The molecule has 22 heavy (non-hydrogen) atoms. The second-order valence-corrected chi connectivity index (χ2v) is 7.48. The van der Waals surface area contributed by atoms with E-state index in [9.17, 15) is 4.79 Å². The monoisotopic (exact) mass is 315 g/mol. The van der Waals surface area contributed by atoms with E-state index in [2.05, 4.69) is 34.0 Å². The number of para-hydroxylation sites is 1. The number of benzene rings is 1. The third kappa shape index (κ3) is 2.42. The number of amides is 1. The van der Waals surface area contributed by atoms with Crippen molar-refractivity contribution in [1.29, 1.82) is 0 Å². The molecule has 2 N–H and O–H groups in total. The summed E-state index contributed by atoms with van der Waals surface area (Å²) in [4.78, 5) is 18.3. The largest absolute Gasteiger partial charge is 0.360 e. The van der Waals surface area contributed by atoms with Gasteiger partial charge in [-0.2, -0.15) is 11.8 Å². The summed E-state index contributed by atoms with van der Waals surface area (Å²) in [7, 11) is 2.23. The van der Waals surface area contributed by atoms with Gasteiger partial charge in [0.2, 0.25) is 0 Å². The molecule has 0 saturated carbocycles. The second kappa shape index (κ2) is 5.63. The van der Waals surface area contributed by atoms with Gasteiger partial charge in [-0.15, -0.1) is 0 Å². The summed E-state index contributed by atoms with van der Waals surface area (Å²) in [5.74, 6) is 2.43. The Hall–Kier alpha value is -1.46. The van der Waals surface area contributed by atoms with Crippen molar-refractivity contribution in [1.82, 2.24) is 15.2 Å². The third-order valence-corrected chi connectivity index (χ3v) is 6.30. The number of hydrogen-bond acceptors (Lipinski definition) is 3. The second-order valence-electron chi connectivity index (χ2n) is 6.40. The summed E-state index contributed by atoms with van der Waals surface area (Å²) in [6, 6.07) is 9.47. The molecule has 4 nitrogen and oxygen atoms in total. The van der Waals surface area contributed by atoms with Gasteiger partial charge in [0, 0.05) is 46.7 Å². The van der Waals surface area contributed by atoms with Crippen LogP contribution < -0.4 is 5.32 Å². The summed E-state index contributed by atoms with van der Waals surface area (Å²) in [5.41, 5.74) is 1.78. The van der Waals surface area contributed by atoms with E-state index in [1.807, 2.05) is 30.5 Å². The van der Waals surface area contributed by atoms with Crippen molar-refractivity contribution in [3.05, 3.63) is 36.0 Å². The van der Waals surface area contributed by atoms with E-state index < -0.39 is 0 Å². The van der Waals surface area contributed by atoms with Gasteiger partial charge in [0.1, 0.15) is 0 Å². The average Bonchev–Trinajstić information content (AvgIpc) is 2.92. The van der Waals surface area contributed by atoms with Crippen LogP contribution in [0.15, 0.2) is 30.5 Å². The number of nitrogens with one attached hydrogen (secondary N) is 2. The zero-order chi connectivity index (χ0) is 15.1. The van der Waals surface area contributed by atoms with Crippen molar-refractivity contribution in [3.63, 3.8) is 0 Å². The standard InChI is InChI=1S/C17H21N3OS/c1-20-12-6-11(7-13(20)10-22-9-12)19-17(21)15-8-18-16-5-3-2-4-14(15)16/h2-5,8,11-13,18H,6-7,9-10H2,1H3,(H,19,21). The molecule has 116 valence electrons. The molecule has 2 unspecified atom stereocenters. The Morgan fingerprint density at radius 1 is 1.27 bits per heavy atom. The van der Waals surface area contributed by atoms with Crippen LogP contribution in [0.2, 0.25) is 0 Å². The molecule has 2 fully saturated rings. The first-order valence-corrected chi connectivity index (χ1v) is 9.04. The van der Waals surface area contributed by atoms with Crippen molar-refractivity contribution in [2.45, 2.75) is 31.0 Å². The first-order valence-electron chi connectivity index (χ1n) is 7.89. The maximum absolute atomic E-state index is 12.6. The predicted molar refractivity (Wildman–Crippen MR) is 91.5 cm³/mol. The quantitative estimate of drug-likeness (QED) is 0.895. The topological polar surface area (TPSA) is 48.1 Å². The molecule has 2 atom stereocenters. The van der Waals surface area contributed by atoms with Crippen LogP contribution in [0.3, 0.4) is 0 Å². The average molecular weight is 315 g/mol. The van der Waals surface area contributed by atoms with Crippen LogP contribution in [0.5, 0.6) is 0 Å². The number of thioether (sulfide) groups is 1. The molecular weight excluding hydrogens is 294 g/mol. The summed E-state index contributed by atoms with van der Waals surface area (Å²) < 4.78 is 0. The Balaban J connectivity index is 1.50. The van der Waals surface area contributed by atoms with Gasteiger partial charge in [-0.3, -0.25) is 9.69 Å². The van der Waals surface area contributed by atoms with Crippen molar-refractivity contribution >= 4 is 28.6 Å². The molecule has 2 aliphatic heterocycles. The molecule has 5 heteroatoms. The minimum atomic E-state index is 0.0535. The molecule has 0 spiro atoms. The maximum atomic E-state index is 12.6. The molecule has 1 amide bonds. The molecule has 2 saturated heterocycles. The number of carbonyl (C=O) groups excluding carboxylic acids is 1. The van der Waals surface area contributed by atoms with E-state index in [1.54, 1.807) is 0 Å². The van der Waals surface area contributed by atoms with E-state index in [-0.39, 0.29) is 5.91 Å². The number of aromatic nitrogens is 1. The lowest BCUT2D eigenvalue weighted by Crippen LogP contribution is -2.57. The number of carbonyl (C=O) groups is 1. The van der Waals surface area contributed by atoms with E-state index in [4.69, 9.17) is 0 Å².